The van der Waals surface area contributed by atoms with Gasteiger partial charge in [-0.15, -0.1) is 0 Å². The van der Waals surface area contributed by atoms with Crippen LogP contribution >= 0.6 is 0 Å². The van der Waals surface area contributed by atoms with Gasteiger partial charge in [0.15, 0.2) is 0 Å². The van der Waals surface area contributed by atoms with Crippen molar-refractivity contribution >= 4 is 5.97 Å². The highest BCUT2D eigenvalue weighted by Crippen LogP contribution is 2.07. The molecule has 0 saturated carbocycles. The van der Waals surface area contributed by atoms with Gasteiger partial charge in [0.25, 0.3) is 0 Å². The van der Waals surface area contributed by atoms with Gasteiger partial charge in [0.1, 0.15) is 6.10 Å². The summed E-state index contributed by atoms with van der Waals surface area (Å²) < 4.78 is 0. The summed E-state index contributed by atoms with van der Waals surface area (Å²) in [7, 11) is 0. The monoisotopic (exact) mass is 352 g/mol. The Bertz CT molecular complexity index is 424. The molecule has 1 unspecified atom stereocenters. The SMILES string of the molecule is CCCCCC=CCC=CCC=CC=CC(CCCC(=O)O)OOO. The van der Waals surface area contributed by atoms with Crippen LogP contribution in [-0.4, -0.2) is 22.4 Å². The van der Waals surface area contributed by atoms with Crippen LogP contribution in [0.25, 0.3) is 0 Å². The molecule has 25 heavy (non-hydrogen) atoms. The van der Waals surface area contributed by atoms with Crippen molar-refractivity contribution in [1.82, 2.24) is 0 Å². The van der Waals surface area contributed by atoms with Gasteiger partial charge in [0.05, 0.1) is 0 Å². The molecule has 0 aromatic rings. The molecule has 0 heterocycles. The zero-order valence-corrected chi connectivity index (χ0v) is 15.2. The van der Waals surface area contributed by atoms with E-state index in [1.54, 1.807) is 12.2 Å². The molecule has 5 heteroatoms. The number of unbranched alkanes of at least 4 members (excludes halogenated alkanes) is 3. The summed E-state index contributed by atoms with van der Waals surface area (Å²) in [5, 5.41) is 20.6. The summed E-state index contributed by atoms with van der Waals surface area (Å²) in [4.78, 5) is 15.1. The van der Waals surface area contributed by atoms with Gasteiger partial charge in [-0.2, -0.15) is 4.89 Å². The van der Waals surface area contributed by atoms with Crippen molar-refractivity contribution in [1.29, 1.82) is 0 Å². The summed E-state index contributed by atoms with van der Waals surface area (Å²) in [5.41, 5.74) is 0. The standard InChI is InChI=1S/C20H32O5/c1-2-3-4-5-6-7-8-9-10-11-12-13-14-16-19(24-25-23)17-15-18-20(21)22/h6-7,9-10,12-14,16,19,23H,2-5,8,11,15,17-18H2,1H3,(H,21,22). The number of carbonyl (C=O) groups is 1. The molecule has 0 bridgehead atoms. The zero-order valence-electron chi connectivity index (χ0n) is 15.2. The lowest BCUT2D eigenvalue weighted by Crippen LogP contribution is -2.10. The minimum absolute atomic E-state index is 0.0623. The molecule has 0 aromatic carbocycles. The number of rotatable bonds is 16. The first-order chi connectivity index (χ1) is 12.2. The molecule has 0 aliphatic rings. The minimum atomic E-state index is -0.852. The van der Waals surface area contributed by atoms with Crippen LogP contribution in [0.4, 0.5) is 0 Å². The largest absolute Gasteiger partial charge is 0.481 e. The van der Waals surface area contributed by atoms with E-state index in [4.69, 9.17) is 10.4 Å². The minimum Gasteiger partial charge on any atom is -0.481 e. The molecule has 0 aliphatic heterocycles. The topological polar surface area (TPSA) is 76.0 Å². The van der Waals surface area contributed by atoms with Crippen molar-refractivity contribution in [2.24, 2.45) is 0 Å². The van der Waals surface area contributed by atoms with Crippen molar-refractivity contribution in [2.75, 3.05) is 0 Å². The van der Waals surface area contributed by atoms with Crippen LogP contribution in [0.5, 0.6) is 0 Å². The second kappa shape index (κ2) is 18.6. The second-order valence-electron chi connectivity index (χ2n) is 5.72. The molecule has 0 rings (SSSR count). The van der Waals surface area contributed by atoms with E-state index in [0.29, 0.717) is 12.8 Å². The number of aliphatic carboxylic acids is 1. The molecule has 0 aromatic heterocycles. The molecule has 0 amide bonds. The molecule has 0 aliphatic carbocycles. The molecule has 2 N–H and O–H groups in total. The number of carboxylic acid groups (broad SMARTS) is 1. The first kappa shape index (κ1) is 23.3. The van der Waals surface area contributed by atoms with Crippen molar-refractivity contribution in [2.45, 2.75) is 70.8 Å². The van der Waals surface area contributed by atoms with Gasteiger partial charge in [-0.1, -0.05) is 73.4 Å². The predicted octanol–water partition coefficient (Wildman–Crippen LogP) is 5.62. The number of allylic oxidation sites excluding steroid dienone is 7. The Hall–Kier alpha value is -1.69. The van der Waals surface area contributed by atoms with Gasteiger partial charge in [-0.3, -0.25) is 4.79 Å². The summed E-state index contributed by atoms with van der Waals surface area (Å²) >= 11 is 0. The Balaban J connectivity index is 3.85. The fourth-order valence-corrected chi connectivity index (χ4v) is 2.11. The lowest BCUT2D eigenvalue weighted by atomic mass is 10.1. The Morgan fingerprint density at radius 1 is 1.00 bits per heavy atom. The van der Waals surface area contributed by atoms with Crippen LogP contribution in [0.2, 0.25) is 0 Å². The van der Waals surface area contributed by atoms with E-state index in [1.165, 1.54) is 25.7 Å². The third-order valence-electron chi connectivity index (χ3n) is 3.47. The maximum atomic E-state index is 10.5. The maximum absolute atomic E-state index is 10.5. The fraction of sp³-hybridized carbons (Fsp3) is 0.550. The molecule has 0 radical (unpaired) electrons. The van der Waals surface area contributed by atoms with E-state index >= 15 is 0 Å². The van der Waals surface area contributed by atoms with Crippen molar-refractivity contribution in [3.63, 3.8) is 0 Å². The van der Waals surface area contributed by atoms with Crippen LogP contribution in [0.15, 0.2) is 48.6 Å². The molecule has 0 spiro atoms. The molecular weight excluding hydrogens is 320 g/mol. The normalized spacial score (nSPS) is 13.7. The average Bonchev–Trinajstić information content (AvgIpc) is 2.58. The highest BCUT2D eigenvalue weighted by Gasteiger charge is 2.07. The van der Waals surface area contributed by atoms with E-state index in [2.05, 4.69) is 41.2 Å². The van der Waals surface area contributed by atoms with Crippen LogP contribution in [0, 0.1) is 0 Å². The first-order valence-electron chi connectivity index (χ1n) is 9.02. The Morgan fingerprint density at radius 2 is 1.72 bits per heavy atom. The lowest BCUT2D eigenvalue weighted by Gasteiger charge is -2.08. The van der Waals surface area contributed by atoms with Gasteiger partial charge >= 0.3 is 5.97 Å². The van der Waals surface area contributed by atoms with E-state index in [-0.39, 0.29) is 6.42 Å². The van der Waals surface area contributed by atoms with E-state index in [0.717, 1.165) is 12.8 Å². The van der Waals surface area contributed by atoms with Gasteiger partial charge in [0.2, 0.25) is 0 Å². The van der Waals surface area contributed by atoms with Crippen LogP contribution in [0.3, 0.4) is 0 Å². The summed E-state index contributed by atoms with van der Waals surface area (Å²) in [6, 6.07) is 0. The quantitative estimate of drug-likeness (QED) is 0.124. The second-order valence-corrected chi connectivity index (χ2v) is 5.72. The smallest absolute Gasteiger partial charge is 0.303 e. The molecular formula is C20H32O5. The summed E-state index contributed by atoms with van der Waals surface area (Å²) in [5.74, 6) is -0.852. The highest BCUT2D eigenvalue weighted by molar-refractivity contribution is 5.66. The van der Waals surface area contributed by atoms with E-state index < -0.39 is 12.1 Å². The zero-order chi connectivity index (χ0) is 18.6. The average molecular weight is 352 g/mol. The van der Waals surface area contributed by atoms with E-state index in [9.17, 15) is 4.79 Å². The van der Waals surface area contributed by atoms with E-state index in [1.807, 2.05) is 12.2 Å². The summed E-state index contributed by atoms with van der Waals surface area (Å²) in [6.45, 7) is 2.21. The molecule has 0 saturated heterocycles. The maximum Gasteiger partial charge on any atom is 0.303 e. The molecule has 142 valence electrons. The third kappa shape index (κ3) is 18.5. The Labute approximate surface area is 151 Å². The summed E-state index contributed by atoms with van der Waals surface area (Å²) in [6.07, 6.45) is 23.4. The third-order valence-corrected chi connectivity index (χ3v) is 3.47. The highest BCUT2D eigenvalue weighted by atomic mass is 17.5. The number of hydrogen-bond donors (Lipinski definition) is 2. The number of hydrogen-bond acceptors (Lipinski definition) is 4. The molecule has 1 atom stereocenters. The van der Waals surface area contributed by atoms with Crippen LogP contribution < -0.4 is 0 Å². The van der Waals surface area contributed by atoms with Crippen LogP contribution in [0.1, 0.15) is 64.7 Å². The lowest BCUT2D eigenvalue weighted by molar-refractivity contribution is -0.501. The van der Waals surface area contributed by atoms with Gasteiger partial charge in [0, 0.05) is 6.42 Å². The van der Waals surface area contributed by atoms with Gasteiger partial charge < -0.3 is 5.11 Å². The first-order valence-corrected chi connectivity index (χ1v) is 9.02. The number of carboxylic acids is 1. The van der Waals surface area contributed by atoms with Crippen molar-refractivity contribution in [3.05, 3.63) is 48.6 Å². The van der Waals surface area contributed by atoms with Gasteiger partial charge in [-0.25, -0.2) is 5.26 Å². The Kier molecular flexibility index (Phi) is 17.4. The van der Waals surface area contributed by atoms with Gasteiger partial charge in [-0.05, 0) is 38.5 Å². The molecule has 0 fully saturated rings. The fourth-order valence-electron chi connectivity index (χ4n) is 2.11. The molecule has 5 nitrogen and oxygen atoms in total. The van der Waals surface area contributed by atoms with Crippen molar-refractivity contribution < 1.29 is 25.1 Å². The predicted molar refractivity (Wildman–Crippen MR) is 100 cm³/mol. The van der Waals surface area contributed by atoms with Crippen LogP contribution in [-0.2, 0) is 14.7 Å². The Morgan fingerprint density at radius 3 is 2.40 bits per heavy atom. The van der Waals surface area contributed by atoms with Crippen molar-refractivity contribution in [3.8, 4) is 0 Å².